The van der Waals surface area contributed by atoms with Crippen LogP contribution in [-0.4, -0.2) is 62.3 Å². The van der Waals surface area contributed by atoms with Crippen molar-refractivity contribution in [2.45, 2.75) is 26.3 Å². The van der Waals surface area contributed by atoms with Crippen LogP contribution in [0.25, 0.3) is 0 Å². The first-order valence-corrected chi connectivity index (χ1v) is 10.1. The smallest absolute Gasteiger partial charge is 0.337 e. The second kappa shape index (κ2) is 9.30. The van der Waals surface area contributed by atoms with Crippen LogP contribution in [-0.2, 0) is 9.53 Å². The number of hydrogen-bond donors (Lipinski definition) is 2. The Hall–Kier alpha value is -2.25. The number of ether oxygens (including phenoxy) is 1. The summed E-state index contributed by atoms with van der Waals surface area (Å²) in [5.74, 6) is -0.369. The molecule has 1 aromatic rings. The molecule has 2 aliphatic heterocycles. The second-order valence-corrected chi connectivity index (χ2v) is 7.29. The van der Waals surface area contributed by atoms with E-state index in [4.69, 9.17) is 16.3 Å². The number of piperazine rings is 1. The van der Waals surface area contributed by atoms with E-state index in [0.717, 1.165) is 36.9 Å². The number of urea groups is 1. The third-order valence-electron chi connectivity index (χ3n) is 5.09. The highest BCUT2D eigenvalue weighted by atomic mass is 35.5. The van der Waals surface area contributed by atoms with Gasteiger partial charge in [-0.15, -0.1) is 0 Å². The lowest BCUT2D eigenvalue weighted by atomic mass is 10.00. The van der Waals surface area contributed by atoms with Crippen molar-refractivity contribution in [2.75, 3.05) is 44.2 Å². The van der Waals surface area contributed by atoms with Gasteiger partial charge in [0.25, 0.3) is 0 Å². The van der Waals surface area contributed by atoms with Gasteiger partial charge in [-0.25, -0.2) is 9.59 Å². The number of halogens is 1. The summed E-state index contributed by atoms with van der Waals surface area (Å²) in [5.41, 5.74) is 2.20. The van der Waals surface area contributed by atoms with Crippen molar-refractivity contribution in [2.24, 2.45) is 0 Å². The van der Waals surface area contributed by atoms with Gasteiger partial charge in [-0.2, -0.15) is 0 Å². The maximum atomic E-state index is 12.5. The van der Waals surface area contributed by atoms with E-state index in [9.17, 15) is 9.59 Å². The number of rotatable bonds is 6. The predicted octanol–water partition coefficient (Wildman–Crippen LogP) is 2.37. The summed E-state index contributed by atoms with van der Waals surface area (Å²) in [7, 11) is 0. The van der Waals surface area contributed by atoms with Crippen LogP contribution in [0.3, 0.4) is 0 Å². The zero-order valence-corrected chi connectivity index (χ0v) is 17.1. The molecular formula is C20H27ClN4O3. The van der Waals surface area contributed by atoms with Crippen LogP contribution in [0.15, 0.2) is 35.5 Å². The first-order chi connectivity index (χ1) is 13.5. The molecule has 1 aromatic carbocycles. The highest BCUT2D eigenvalue weighted by molar-refractivity contribution is 6.33. The molecule has 1 fully saturated rings. The fourth-order valence-electron chi connectivity index (χ4n) is 3.67. The molecule has 152 valence electrons. The van der Waals surface area contributed by atoms with Crippen LogP contribution >= 0.6 is 11.6 Å². The van der Waals surface area contributed by atoms with Gasteiger partial charge in [0.1, 0.15) is 0 Å². The molecule has 2 heterocycles. The fourth-order valence-corrected chi connectivity index (χ4v) is 3.92. The Bertz CT molecular complexity index is 760. The highest BCUT2D eigenvalue weighted by Crippen LogP contribution is 2.26. The Labute approximate surface area is 170 Å². The van der Waals surface area contributed by atoms with Gasteiger partial charge in [0.15, 0.2) is 0 Å². The number of carbonyl (C=O) groups is 2. The third-order valence-corrected chi connectivity index (χ3v) is 5.41. The Morgan fingerprint density at radius 2 is 1.93 bits per heavy atom. The summed E-state index contributed by atoms with van der Waals surface area (Å²) in [4.78, 5) is 29.0. The molecule has 0 aliphatic carbocycles. The zero-order valence-electron chi connectivity index (χ0n) is 16.3. The summed E-state index contributed by atoms with van der Waals surface area (Å²) in [6, 6.07) is 7.24. The van der Waals surface area contributed by atoms with Crippen LogP contribution < -0.4 is 15.5 Å². The van der Waals surface area contributed by atoms with E-state index in [1.54, 1.807) is 6.92 Å². The number of nitrogens with one attached hydrogen (secondary N) is 2. The van der Waals surface area contributed by atoms with Crippen molar-refractivity contribution in [1.82, 2.24) is 15.5 Å². The van der Waals surface area contributed by atoms with Gasteiger partial charge in [0, 0.05) is 38.4 Å². The SMILES string of the molecule is CCOC(=O)C1=C(CN2CCN(c3ccccc3Cl)CC2)NC(=O)N[C@H]1CC. The van der Waals surface area contributed by atoms with Crippen molar-refractivity contribution < 1.29 is 14.3 Å². The summed E-state index contributed by atoms with van der Waals surface area (Å²) < 4.78 is 5.23. The standard InChI is InChI=1S/C20H27ClN4O3/c1-3-15-18(19(26)28-4-2)16(23-20(27)22-15)13-24-9-11-25(12-10-24)17-8-6-5-7-14(17)21/h5-8,15H,3-4,9-13H2,1-2H3,(H2,22,23,27)/t15-/m0/s1. The Morgan fingerprint density at radius 1 is 1.21 bits per heavy atom. The summed E-state index contributed by atoms with van der Waals surface area (Å²) >= 11 is 6.31. The monoisotopic (exact) mass is 406 g/mol. The number of esters is 1. The minimum absolute atomic E-state index is 0.274. The van der Waals surface area contributed by atoms with Gasteiger partial charge in [-0.1, -0.05) is 30.7 Å². The number of benzene rings is 1. The molecule has 8 heteroatoms. The number of carbonyl (C=O) groups excluding carboxylic acids is 2. The van der Waals surface area contributed by atoms with Crippen LogP contribution in [0.1, 0.15) is 20.3 Å². The number of amides is 2. The molecule has 0 unspecified atom stereocenters. The van der Waals surface area contributed by atoms with Crippen LogP contribution in [0, 0.1) is 0 Å². The molecule has 3 rings (SSSR count). The first-order valence-electron chi connectivity index (χ1n) is 9.73. The van der Waals surface area contributed by atoms with E-state index in [0.29, 0.717) is 30.8 Å². The maximum absolute atomic E-state index is 12.5. The molecule has 0 radical (unpaired) electrons. The van der Waals surface area contributed by atoms with E-state index < -0.39 is 0 Å². The van der Waals surface area contributed by atoms with Crippen LogP contribution in [0.4, 0.5) is 10.5 Å². The van der Waals surface area contributed by atoms with Gasteiger partial charge >= 0.3 is 12.0 Å². The van der Waals surface area contributed by atoms with Crippen molar-refractivity contribution >= 4 is 29.3 Å². The largest absolute Gasteiger partial charge is 0.463 e. The normalized spacial score (nSPS) is 20.6. The maximum Gasteiger partial charge on any atom is 0.337 e. The number of hydrogen-bond acceptors (Lipinski definition) is 5. The lowest BCUT2D eigenvalue weighted by molar-refractivity contribution is -0.139. The third kappa shape index (κ3) is 4.59. The van der Waals surface area contributed by atoms with Crippen molar-refractivity contribution in [3.8, 4) is 0 Å². The molecule has 7 nitrogen and oxygen atoms in total. The number of para-hydroxylation sites is 1. The molecule has 0 bridgehead atoms. The van der Waals surface area contributed by atoms with E-state index in [-0.39, 0.29) is 18.0 Å². The lowest BCUT2D eigenvalue weighted by Crippen LogP contribution is -2.54. The van der Waals surface area contributed by atoms with Gasteiger partial charge in [0.05, 0.1) is 28.9 Å². The average Bonchev–Trinajstić information content (AvgIpc) is 2.68. The van der Waals surface area contributed by atoms with E-state index in [1.807, 2.05) is 31.2 Å². The molecule has 2 amide bonds. The molecule has 0 saturated carbocycles. The van der Waals surface area contributed by atoms with Crippen molar-refractivity contribution in [3.05, 3.63) is 40.6 Å². The van der Waals surface area contributed by atoms with Gasteiger partial charge in [0.2, 0.25) is 0 Å². The Morgan fingerprint density at radius 3 is 2.57 bits per heavy atom. The molecule has 2 N–H and O–H groups in total. The lowest BCUT2D eigenvalue weighted by Gasteiger charge is -2.38. The molecule has 1 atom stereocenters. The van der Waals surface area contributed by atoms with Crippen LogP contribution in [0.5, 0.6) is 0 Å². The predicted molar refractivity (Wildman–Crippen MR) is 110 cm³/mol. The first kappa shape index (κ1) is 20.5. The summed E-state index contributed by atoms with van der Waals surface area (Å²) in [6.45, 7) is 7.81. The topological polar surface area (TPSA) is 73.9 Å². The summed E-state index contributed by atoms with van der Waals surface area (Å²) in [5, 5.41) is 6.38. The zero-order chi connectivity index (χ0) is 20.1. The quantitative estimate of drug-likeness (QED) is 0.709. The molecule has 0 aromatic heterocycles. The minimum Gasteiger partial charge on any atom is -0.463 e. The van der Waals surface area contributed by atoms with Crippen molar-refractivity contribution in [1.29, 1.82) is 0 Å². The second-order valence-electron chi connectivity index (χ2n) is 6.89. The molecule has 2 aliphatic rings. The van der Waals surface area contributed by atoms with Gasteiger partial charge in [-0.3, -0.25) is 4.90 Å². The van der Waals surface area contributed by atoms with E-state index in [2.05, 4.69) is 20.4 Å². The molecule has 28 heavy (non-hydrogen) atoms. The molecule has 0 spiro atoms. The highest BCUT2D eigenvalue weighted by Gasteiger charge is 2.32. The fraction of sp³-hybridized carbons (Fsp3) is 0.500. The summed E-state index contributed by atoms with van der Waals surface area (Å²) in [6.07, 6.45) is 0.630. The average molecular weight is 407 g/mol. The van der Waals surface area contributed by atoms with Gasteiger partial charge < -0.3 is 20.3 Å². The molecule has 1 saturated heterocycles. The van der Waals surface area contributed by atoms with Crippen LogP contribution in [0.2, 0.25) is 5.02 Å². The minimum atomic E-state index is -0.369. The Balaban J connectivity index is 1.71. The number of anilines is 1. The van der Waals surface area contributed by atoms with Gasteiger partial charge in [-0.05, 0) is 25.5 Å². The van der Waals surface area contributed by atoms with E-state index in [1.165, 1.54) is 0 Å². The molecular weight excluding hydrogens is 380 g/mol. The van der Waals surface area contributed by atoms with E-state index >= 15 is 0 Å². The van der Waals surface area contributed by atoms with Crippen molar-refractivity contribution in [3.63, 3.8) is 0 Å². The number of nitrogens with zero attached hydrogens (tertiary/aromatic N) is 2. The Kier molecular flexibility index (Phi) is 6.80.